The summed E-state index contributed by atoms with van der Waals surface area (Å²) in [6, 6.07) is 6.99. The van der Waals surface area contributed by atoms with Crippen LogP contribution in [0.5, 0.6) is 0 Å². The molecular weight excluding hydrogens is 735 g/mol. The molecular formula is C34H36F7N7O4S. The summed E-state index contributed by atoms with van der Waals surface area (Å²) in [5.41, 5.74) is 0.721. The van der Waals surface area contributed by atoms with Crippen LogP contribution in [-0.4, -0.2) is 76.3 Å². The molecule has 1 amide bonds. The predicted octanol–water partition coefficient (Wildman–Crippen LogP) is 5.60. The smallest absolute Gasteiger partial charge is 0.378 e. The van der Waals surface area contributed by atoms with Gasteiger partial charge < -0.3 is 9.64 Å². The summed E-state index contributed by atoms with van der Waals surface area (Å²) >= 11 is 0. The number of benzene rings is 1. The van der Waals surface area contributed by atoms with Gasteiger partial charge in [0.05, 0.1) is 54.8 Å². The number of sulfonamides is 1. The summed E-state index contributed by atoms with van der Waals surface area (Å²) < 4.78 is 127. The number of nitrogens with one attached hydrogen (secondary N) is 1. The fourth-order valence-corrected chi connectivity index (χ4v) is 7.09. The van der Waals surface area contributed by atoms with E-state index in [2.05, 4.69) is 19.9 Å². The lowest BCUT2D eigenvalue weighted by Crippen LogP contribution is -2.41. The number of carbonyl (C=O) groups is 1. The normalized spacial score (nSPS) is 16.4. The minimum atomic E-state index is -4.56. The van der Waals surface area contributed by atoms with Crippen molar-refractivity contribution in [3.63, 3.8) is 0 Å². The van der Waals surface area contributed by atoms with E-state index in [4.69, 9.17) is 4.74 Å². The number of morpholine rings is 1. The van der Waals surface area contributed by atoms with Crippen LogP contribution in [0.2, 0.25) is 0 Å². The number of ether oxygens (including phenoxy) is 1. The van der Waals surface area contributed by atoms with Gasteiger partial charge >= 0.3 is 12.4 Å². The molecule has 1 aliphatic heterocycles. The van der Waals surface area contributed by atoms with Gasteiger partial charge in [-0.15, -0.1) is 0 Å². The van der Waals surface area contributed by atoms with E-state index in [1.54, 1.807) is 12.1 Å². The van der Waals surface area contributed by atoms with Crippen LogP contribution in [0.25, 0.3) is 11.4 Å². The second-order valence-corrected chi connectivity index (χ2v) is 14.8. The van der Waals surface area contributed by atoms with Crippen LogP contribution in [0.4, 0.5) is 30.7 Å². The Morgan fingerprint density at radius 3 is 1.83 bits per heavy atom. The Hall–Kier alpha value is -4.36. The predicted molar refractivity (Wildman–Crippen MR) is 177 cm³/mol. The van der Waals surface area contributed by atoms with Gasteiger partial charge in [0.25, 0.3) is 5.91 Å². The van der Waals surface area contributed by atoms with Gasteiger partial charge in [-0.2, -0.15) is 36.5 Å². The van der Waals surface area contributed by atoms with E-state index in [0.717, 1.165) is 31.6 Å². The quantitative estimate of drug-likeness (QED) is 0.254. The number of pyridine rings is 1. The highest BCUT2D eigenvalue weighted by atomic mass is 32.2. The third kappa shape index (κ3) is 8.73. The van der Waals surface area contributed by atoms with Gasteiger partial charge in [0.15, 0.2) is 11.4 Å². The van der Waals surface area contributed by atoms with Crippen molar-refractivity contribution in [1.82, 2.24) is 34.2 Å². The fraction of sp³-hybridized carbons (Fsp3) is 0.471. The molecule has 0 spiro atoms. The van der Waals surface area contributed by atoms with Gasteiger partial charge in [-0.3, -0.25) is 9.78 Å². The zero-order valence-corrected chi connectivity index (χ0v) is 29.3. The van der Waals surface area contributed by atoms with E-state index in [1.165, 1.54) is 32.6 Å². The third-order valence-corrected chi connectivity index (χ3v) is 9.86. The molecule has 3 aromatic heterocycles. The van der Waals surface area contributed by atoms with Crippen LogP contribution < -0.4 is 4.72 Å². The number of aromatic nitrogens is 5. The molecule has 53 heavy (non-hydrogen) atoms. The average Bonchev–Trinajstić information content (AvgIpc) is 3.71. The lowest BCUT2D eigenvalue weighted by atomic mass is 9.95. The Labute approximate surface area is 300 Å². The number of amides is 1. The molecule has 1 fully saturated rings. The van der Waals surface area contributed by atoms with Crippen molar-refractivity contribution < 1.29 is 48.7 Å². The molecule has 19 heteroatoms. The highest BCUT2D eigenvalue weighted by molar-refractivity contribution is 7.88. The molecule has 0 atom stereocenters. The molecule has 11 nitrogen and oxygen atoms in total. The molecule has 0 unspecified atom stereocenters. The fourth-order valence-electron chi connectivity index (χ4n) is 6.68. The summed E-state index contributed by atoms with van der Waals surface area (Å²) in [7, 11) is -3.34. The van der Waals surface area contributed by atoms with Crippen molar-refractivity contribution in [2.45, 2.75) is 70.3 Å². The Kier molecular flexibility index (Phi) is 11.0. The molecule has 286 valence electrons. The van der Waals surface area contributed by atoms with Crippen LogP contribution >= 0.6 is 0 Å². The molecule has 4 heterocycles. The number of hydrogen-bond acceptors (Lipinski definition) is 7. The highest BCUT2D eigenvalue weighted by Crippen LogP contribution is 2.38. The van der Waals surface area contributed by atoms with Crippen molar-refractivity contribution in [3.05, 3.63) is 87.5 Å². The van der Waals surface area contributed by atoms with Crippen LogP contribution in [-0.2, 0) is 59.3 Å². The minimum Gasteiger partial charge on any atom is -0.378 e. The van der Waals surface area contributed by atoms with Crippen molar-refractivity contribution >= 4 is 15.9 Å². The molecule has 2 aliphatic carbocycles. The topological polar surface area (TPSA) is 124 Å². The number of hydrogen-bond donors (Lipinski definition) is 1. The van der Waals surface area contributed by atoms with E-state index in [9.17, 15) is 43.9 Å². The SMILES string of the molecule is CS(=O)(=O)NCc1ccc(-n2nc(C(F)(F)F)c3c2CCCC3)cn1.O=C(c1ccc(-n2nc(C(F)(F)F)c3c2CCCC3)cc1F)N1CCOCC1. The van der Waals surface area contributed by atoms with Gasteiger partial charge in [0.2, 0.25) is 10.0 Å². The lowest BCUT2D eigenvalue weighted by Gasteiger charge is -2.27. The van der Waals surface area contributed by atoms with Crippen molar-refractivity contribution in [3.8, 4) is 11.4 Å². The molecule has 0 saturated carbocycles. The number of fused-ring (bicyclic) bond motifs is 2. The van der Waals surface area contributed by atoms with Crippen LogP contribution in [0.15, 0.2) is 36.5 Å². The molecule has 3 aliphatic rings. The average molecular weight is 772 g/mol. The number of carbonyl (C=O) groups excluding carboxylic acids is 1. The molecule has 0 bridgehead atoms. The van der Waals surface area contributed by atoms with Crippen molar-refractivity contribution in [2.75, 3.05) is 32.6 Å². The number of rotatable bonds is 6. The molecule has 1 N–H and O–H groups in total. The zero-order chi connectivity index (χ0) is 38.1. The molecule has 1 aromatic carbocycles. The maximum absolute atomic E-state index is 14.7. The largest absolute Gasteiger partial charge is 0.435 e. The Morgan fingerprint density at radius 2 is 1.34 bits per heavy atom. The Bertz CT molecular complexity index is 2070. The first-order chi connectivity index (χ1) is 25.0. The maximum Gasteiger partial charge on any atom is 0.435 e. The zero-order valence-electron chi connectivity index (χ0n) is 28.5. The number of nitrogens with zero attached hydrogens (tertiary/aromatic N) is 6. The van der Waals surface area contributed by atoms with Crippen LogP contribution in [0.3, 0.4) is 0 Å². The molecule has 1 saturated heterocycles. The summed E-state index contributed by atoms with van der Waals surface area (Å²) in [6.45, 7) is 1.56. The van der Waals surface area contributed by atoms with Gasteiger partial charge in [-0.25, -0.2) is 26.9 Å². The second kappa shape index (κ2) is 15.2. The van der Waals surface area contributed by atoms with Crippen LogP contribution in [0, 0.1) is 5.82 Å². The summed E-state index contributed by atoms with van der Waals surface area (Å²) in [5.74, 6) is -1.23. The Balaban J connectivity index is 0.000000183. The van der Waals surface area contributed by atoms with Gasteiger partial charge in [0, 0.05) is 41.7 Å². The third-order valence-electron chi connectivity index (χ3n) is 9.19. The highest BCUT2D eigenvalue weighted by Gasteiger charge is 2.41. The first kappa shape index (κ1) is 38.4. The number of alkyl halides is 6. The lowest BCUT2D eigenvalue weighted by molar-refractivity contribution is -0.142. The van der Waals surface area contributed by atoms with Crippen molar-refractivity contribution in [1.29, 1.82) is 0 Å². The van der Waals surface area contributed by atoms with Crippen LogP contribution in [0.1, 0.15) is 75.6 Å². The maximum atomic E-state index is 14.7. The summed E-state index contributed by atoms with van der Waals surface area (Å²) in [4.78, 5) is 18.1. The standard InChI is InChI=1S/C19H19F4N3O2.C15H17F3N4O2S/c20-15-11-12(5-6-13(15)18(27)25-7-9-28-10-8-25)26-16-4-2-1-3-14(16)17(24-26)19(21,22)23;1-25(23,24)20-8-10-6-7-11(9-19-10)22-13-5-3-2-4-12(13)14(21-22)15(16,17)18/h5-6,11H,1-4,7-10H2;6-7,9,20H,2-5,8H2,1H3. The number of halogens is 7. The monoisotopic (exact) mass is 771 g/mol. The minimum absolute atomic E-state index is 0.0180. The van der Waals surface area contributed by atoms with Gasteiger partial charge in [-0.1, -0.05) is 0 Å². The molecule has 7 rings (SSSR count). The van der Waals surface area contributed by atoms with E-state index in [-0.39, 0.29) is 28.9 Å². The van der Waals surface area contributed by atoms with E-state index >= 15 is 0 Å². The van der Waals surface area contributed by atoms with Gasteiger partial charge in [0.1, 0.15) is 5.82 Å². The van der Waals surface area contributed by atoms with Crippen molar-refractivity contribution in [2.24, 2.45) is 0 Å². The second-order valence-electron chi connectivity index (χ2n) is 13.0. The first-order valence-corrected chi connectivity index (χ1v) is 18.8. The van der Waals surface area contributed by atoms with E-state index in [1.807, 2.05) is 0 Å². The van der Waals surface area contributed by atoms with E-state index in [0.29, 0.717) is 81.2 Å². The van der Waals surface area contributed by atoms with Gasteiger partial charge in [-0.05, 0) is 75.6 Å². The van der Waals surface area contributed by atoms with E-state index < -0.39 is 45.5 Å². The summed E-state index contributed by atoms with van der Waals surface area (Å²) in [5, 5.41) is 7.54. The molecule has 0 radical (unpaired) electrons. The first-order valence-electron chi connectivity index (χ1n) is 16.9. The molecule has 4 aromatic rings. The summed E-state index contributed by atoms with van der Waals surface area (Å²) in [6.07, 6.45) is -1.97. The Morgan fingerprint density at radius 1 is 0.811 bits per heavy atom.